The number of barbiturate groups is 1. The molecule has 9 amide bonds. The molecule has 0 unspecified atom stereocenters. The van der Waals surface area contributed by atoms with Gasteiger partial charge in [0.05, 0.1) is 0 Å². The molecule has 30 heavy (non-hydrogen) atoms. The van der Waals surface area contributed by atoms with Gasteiger partial charge in [-0.05, 0) is 6.42 Å². The molecule has 160 valence electrons. The summed E-state index contributed by atoms with van der Waals surface area (Å²) in [6.45, 7) is 0.957. The van der Waals surface area contributed by atoms with Gasteiger partial charge in [-0.1, -0.05) is 0 Å². The van der Waals surface area contributed by atoms with E-state index in [0.29, 0.717) is 5.91 Å². The molecule has 4 aliphatic rings. The summed E-state index contributed by atoms with van der Waals surface area (Å²) in [7, 11) is 1.84. The first kappa shape index (κ1) is 23.9. The van der Waals surface area contributed by atoms with Crippen molar-refractivity contribution in [3.05, 3.63) is 24.3 Å². The third-order valence-corrected chi connectivity index (χ3v) is 3.40. The molecular weight excluding hydrogens is 402 g/mol. The molecule has 4 aliphatic heterocycles. The lowest BCUT2D eigenvalue weighted by atomic mass is 10.3. The lowest BCUT2D eigenvalue weighted by molar-refractivity contribution is -0.130. The van der Waals surface area contributed by atoms with E-state index in [2.05, 4.69) is 0 Å². The zero-order valence-corrected chi connectivity index (χ0v) is 15.9. The second-order valence-corrected chi connectivity index (χ2v) is 5.89. The molecule has 13 heteroatoms. The second kappa shape index (κ2) is 11.6. The van der Waals surface area contributed by atoms with Crippen LogP contribution in [0.4, 0.5) is 4.79 Å². The van der Waals surface area contributed by atoms with Crippen LogP contribution in [0.15, 0.2) is 24.3 Å². The minimum atomic E-state index is -0.740. The molecule has 2 fully saturated rings. The number of nitrogens with one attached hydrogen (secondary N) is 4. The van der Waals surface area contributed by atoms with Crippen LogP contribution in [-0.2, 0) is 33.6 Å². The summed E-state index contributed by atoms with van der Waals surface area (Å²) in [4.78, 5) is 83.2. The SMILES string of the molecule is CN1CCCC1=O.O=C1C=CC(=O)N1.O=C1C=CC(=O)N1.O=C1CC(=O)NC(=O)N1. The summed E-state index contributed by atoms with van der Waals surface area (Å²) in [5.41, 5.74) is 0. The Morgan fingerprint density at radius 2 is 1.07 bits per heavy atom. The zero-order chi connectivity index (χ0) is 22.7. The minimum Gasteiger partial charge on any atom is -0.346 e. The molecule has 4 heterocycles. The van der Waals surface area contributed by atoms with Gasteiger partial charge in [-0.2, -0.15) is 0 Å². The molecule has 0 saturated carbocycles. The van der Waals surface area contributed by atoms with Gasteiger partial charge in [-0.25, -0.2) is 4.79 Å². The quantitative estimate of drug-likeness (QED) is 0.241. The van der Waals surface area contributed by atoms with Gasteiger partial charge in [-0.15, -0.1) is 0 Å². The van der Waals surface area contributed by atoms with Crippen molar-refractivity contribution in [3.8, 4) is 0 Å². The molecule has 0 aliphatic carbocycles. The maximum Gasteiger partial charge on any atom is 0.328 e. The average molecular weight is 421 g/mol. The average Bonchev–Trinajstić information content (AvgIpc) is 3.32. The van der Waals surface area contributed by atoms with E-state index in [0.717, 1.165) is 19.4 Å². The molecule has 4 N–H and O–H groups in total. The number of imide groups is 4. The van der Waals surface area contributed by atoms with Crippen molar-refractivity contribution in [1.29, 1.82) is 0 Å². The summed E-state index contributed by atoms with van der Waals surface area (Å²) >= 11 is 0. The third kappa shape index (κ3) is 9.68. The van der Waals surface area contributed by atoms with Gasteiger partial charge in [0.1, 0.15) is 6.42 Å². The van der Waals surface area contributed by atoms with Crippen LogP contribution in [0.5, 0.6) is 0 Å². The van der Waals surface area contributed by atoms with Crippen LogP contribution in [0, 0.1) is 0 Å². The number of hydrogen-bond donors (Lipinski definition) is 4. The van der Waals surface area contributed by atoms with E-state index >= 15 is 0 Å². The lowest BCUT2D eigenvalue weighted by Crippen LogP contribution is -2.49. The van der Waals surface area contributed by atoms with E-state index in [4.69, 9.17) is 0 Å². The van der Waals surface area contributed by atoms with Crippen molar-refractivity contribution in [1.82, 2.24) is 26.2 Å². The summed E-state index contributed by atoms with van der Waals surface area (Å²) < 4.78 is 0. The normalized spacial score (nSPS) is 18.9. The Kier molecular flexibility index (Phi) is 9.26. The predicted octanol–water partition coefficient (Wildman–Crippen LogP) is -2.62. The fourth-order valence-corrected chi connectivity index (χ4v) is 2.01. The fourth-order valence-electron chi connectivity index (χ4n) is 2.01. The van der Waals surface area contributed by atoms with Crippen molar-refractivity contribution < 1.29 is 38.4 Å². The van der Waals surface area contributed by atoms with Gasteiger partial charge in [0.25, 0.3) is 23.6 Å². The fraction of sp³-hybridized carbons (Fsp3) is 0.294. The molecule has 0 atom stereocenters. The number of rotatable bonds is 0. The maximum absolute atomic E-state index is 10.5. The predicted molar refractivity (Wildman–Crippen MR) is 97.7 cm³/mol. The smallest absolute Gasteiger partial charge is 0.328 e. The largest absolute Gasteiger partial charge is 0.346 e. The molecule has 0 radical (unpaired) electrons. The van der Waals surface area contributed by atoms with Gasteiger partial charge in [0.2, 0.25) is 17.7 Å². The van der Waals surface area contributed by atoms with Gasteiger partial charge < -0.3 is 4.90 Å². The Hall–Kier alpha value is -4.16. The molecule has 0 bridgehead atoms. The molecule has 0 spiro atoms. The summed E-state index contributed by atoms with van der Waals surface area (Å²) in [6, 6.07) is -0.740. The lowest BCUT2D eigenvalue weighted by Gasteiger charge is -2.09. The number of carbonyl (C=O) groups is 8. The van der Waals surface area contributed by atoms with Gasteiger partial charge in [0, 0.05) is 44.3 Å². The van der Waals surface area contributed by atoms with E-state index in [1.165, 1.54) is 24.3 Å². The summed E-state index contributed by atoms with van der Waals surface area (Å²) in [5, 5.41) is 7.86. The monoisotopic (exact) mass is 421 g/mol. The Bertz CT molecular complexity index is 732. The highest BCUT2D eigenvalue weighted by Crippen LogP contribution is 2.04. The Balaban J connectivity index is 0.000000201. The number of likely N-dealkylation sites (tertiary alicyclic amines) is 1. The number of carbonyl (C=O) groups excluding carboxylic acids is 8. The first-order valence-corrected chi connectivity index (χ1v) is 8.50. The Morgan fingerprint density at radius 3 is 1.23 bits per heavy atom. The topological polar surface area (TPSA) is 188 Å². The van der Waals surface area contributed by atoms with Crippen LogP contribution in [0.2, 0.25) is 0 Å². The van der Waals surface area contributed by atoms with Crippen LogP contribution < -0.4 is 21.3 Å². The highest BCUT2D eigenvalue weighted by Gasteiger charge is 2.20. The third-order valence-electron chi connectivity index (χ3n) is 3.40. The van der Waals surface area contributed by atoms with E-state index in [9.17, 15) is 38.4 Å². The van der Waals surface area contributed by atoms with Crippen LogP contribution in [0.1, 0.15) is 19.3 Å². The maximum atomic E-state index is 10.5. The second-order valence-electron chi connectivity index (χ2n) is 5.89. The van der Waals surface area contributed by atoms with Crippen LogP contribution in [0.25, 0.3) is 0 Å². The molecule has 0 aromatic heterocycles. The van der Waals surface area contributed by atoms with Crippen LogP contribution in [0.3, 0.4) is 0 Å². The molecule has 2 saturated heterocycles. The highest BCUT2D eigenvalue weighted by atomic mass is 16.2. The molecule has 13 nitrogen and oxygen atoms in total. The van der Waals surface area contributed by atoms with Crippen LogP contribution in [-0.4, -0.2) is 65.9 Å². The first-order valence-electron chi connectivity index (χ1n) is 8.50. The van der Waals surface area contributed by atoms with Gasteiger partial charge in [-0.3, -0.25) is 54.8 Å². The van der Waals surface area contributed by atoms with E-state index in [1.807, 2.05) is 28.3 Å². The molecule has 0 aromatic rings. The Labute approximate surface area is 169 Å². The summed E-state index contributed by atoms with van der Waals surface area (Å²) in [6.07, 6.45) is 6.34. The Morgan fingerprint density at radius 1 is 0.667 bits per heavy atom. The standard InChI is InChI=1S/C5H9NO.C4H4N2O3.2C4H3NO2/c1-6-4-2-3-5(6)7;7-2-1-3(8)6-4(9)5-2;2*6-3-1-2-4(7)5-3/h2-4H2,1H3;1H2,(H2,5,6,7,8,9);2*1-2H,(H,5,6,7). The number of hydrogen-bond acceptors (Lipinski definition) is 8. The minimum absolute atomic E-state index is 0.258. The van der Waals surface area contributed by atoms with E-state index in [-0.39, 0.29) is 30.0 Å². The van der Waals surface area contributed by atoms with E-state index in [1.54, 1.807) is 4.90 Å². The van der Waals surface area contributed by atoms with Gasteiger partial charge in [0.15, 0.2) is 0 Å². The molecular formula is C17H19N5O8. The number of amides is 9. The summed E-state index contributed by atoms with van der Waals surface area (Å²) in [5.74, 6) is -2.13. The molecule has 4 rings (SSSR count). The van der Waals surface area contributed by atoms with Crippen molar-refractivity contribution in [2.24, 2.45) is 0 Å². The zero-order valence-electron chi connectivity index (χ0n) is 15.9. The van der Waals surface area contributed by atoms with Crippen molar-refractivity contribution >= 4 is 47.4 Å². The molecule has 0 aromatic carbocycles. The first-order chi connectivity index (χ1) is 14.1. The highest BCUT2D eigenvalue weighted by molar-refractivity contribution is 6.14. The van der Waals surface area contributed by atoms with Crippen molar-refractivity contribution in [2.75, 3.05) is 13.6 Å². The number of nitrogens with zero attached hydrogens (tertiary/aromatic N) is 1. The van der Waals surface area contributed by atoms with Crippen molar-refractivity contribution in [2.45, 2.75) is 19.3 Å². The van der Waals surface area contributed by atoms with E-state index < -0.39 is 17.8 Å². The number of urea groups is 1. The van der Waals surface area contributed by atoms with Crippen LogP contribution >= 0.6 is 0 Å². The van der Waals surface area contributed by atoms with Gasteiger partial charge >= 0.3 is 6.03 Å². The van der Waals surface area contributed by atoms with Crippen molar-refractivity contribution in [3.63, 3.8) is 0 Å².